The molecule has 2 rings (SSSR count). The zero-order valence-corrected chi connectivity index (χ0v) is 16.3. The Hall–Kier alpha value is -3.69. The summed E-state index contributed by atoms with van der Waals surface area (Å²) in [6.45, 7) is 1.90. The minimum absolute atomic E-state index is 0.133. The van der Waals surface area contributed by atoms with E-state index in [2.05, 4.69) is 15.4 Å². The van der Waals surface area contributed by atoms with E-state index in [1.54, 1.807) is 31.2 Å². The summed E-state index contributed by atoms with van der Waals surface area (Å²) in [5.41, 5.74) is 1.01. The summed E-state index contributed by atoms with van der Waals surface area (Å²) < 4.78 is 31.5. The minimum atomic E-state index is -1.45. The van der Waals surface area contributed by atoms with Crippen LogP contribution in [0.5, 0.6) is 0 Å². The van der Waals surface area contributed by atoms with Gasteiger partial charge in [-0.1, -0.05) is 0 Å². The second-order valence-corrected chi connectivity index (χ2v) is 6.23. The summed E-state index contributed by atoms with van der Waals surface area (Å²) >= 11 is 0. The zero-order valence-electron chi connectivity index (χ0n) is 16.3. The molecule has 0 saturated heterocycles. The number of rotatable bonds is 7. The fraction of sp³-hybridized carbons (Fsp3) is 0.250. The Bertz CT molecular complexity index is 901. The van der Waals surface area contributed by atoms with Crippen molar-refractivity contribution < 1.29 is 33.0 Å². The highest BCUT2D eigenvalue weighted by Gasteiger charge is 2.27. The topological polar surface area (TPSA) is 108 Å². The van der Waals surface area contributed by atoms with Crippen molar-refractivity contribution in [3.8, 4) is 0 Å². The van der Waals surface area contributed by atoms with Gasteiger partial charge in [0.25, 0.3) is 0 Å². The van der Waals surface area contributed by atoms with Crippen LogP contribution in [-0.2, 0) is 16.0 Å². The van der Waals surface area contributed by atoms with Crippen molar-refractivity contribution in [1.82, 2.24) is 5.32 Å². The van der Waals surface area contributed by atoms with Crippen molar-refractivity contribution in [2.24, 2.45) is 0 Å². The lowest BCUT2D eigenvalue weighted by molar-refractivity contribution is -0.120. The molecule has 0 spiro atoms. The molecule has 2 aromatic carbocycles. The number of amides is 3. The third kappa shape index (κ3) is 6.16. The summed E-state index contributed by atoms with van der Waals surface area (Å²) in [6.07, 6.45) is -2.34. The first-order valence-corrected chi connectivity index (χ1v) is 8.94. The maximum Gasteiger partial charge on any atom is 0.411 e. The van der Waals surface area contributed by atoms with Gasteiger partial charge in [0.05, 0.1) is 7.11 Å². The second-order valence-electron chi connectivity index (χ2n) is 6.23. The number of ether oxygens (including phenoxy) is 1. The maximum atomic E-state index is 13.5. The molecule has 160 valence electrons. The molecule has 0 aliphatic heterocycles. The molecule has 0 bridgehead atoms. The Morgan fingerprint density at radius 2 is 1.70 bits per heavy atom. The molecule has 0 unspecified atom stereocenters. The minimum Gasteiger partial charge on any atom is -0.465 e. The molecule has 0 radical (unpaired) electrons. The molecule has 10 heteroatoms. The van der Waals surface area contributed by atoms with Gasteiger partial charge < -0.3 is 20.1 Å². The molecular weight excluding hydrogens is 400 g/mol. The molecule has 30 heavy (non-hydrogen) atoms. The molecule has 0 saturated carbocycles. The molecule has 0 fully saturated rings. The highest BCUT2D eigenvalue weighted by Crippen LogP contribution is 2.20. The number of carboxylic acid groups (broad SMARTS) is 1. The molecule has 3 N–H and O–H groups in total. The van der Waals surface area contributed by atoms with E-state index >= 15 is 0 Å². The van der Waals surface area contributed by atoms with Gasteiger partial charge in [-0.15, -0.1) is 0 Å². The van der Waals surface area contributed by atoms with E-state index in [0.717, 1.165) is 12.1 Å². The molecular formula is C20H21F2N3O5. The summed E-state index contributed by atoms with van der Waals surface area (Å²) in [6, 6.07) is 7.71. The summed E-state index contributed by atoms with van der Waals surface area (Å²) in [5.74, 6) is -2.25. The van der Waals surface area contributed by atoms with Crippen molar-refractivity contribution in [3.05, 3.63) is 59.7 Å². The Morgan fingerprint density at radius 1 is 1.10 bits per heavy atom. The van der Waals surface area contributed by atoms with E-state index in [-0.39, 0.29) is 18.5 Å². The third-order valence-corrected chi connectivity index (χ3v) is 4.15. The van der Waals surface area contributed by atoms with Crippen LogP contribution in [-0.4, -0.2) is 42.9 Å². The van der Waals surface area contributed by atoms with Crippen LogP contribution in [0.25, 0.3) is 0 Å². The lowest BCUT2D eigenvalue weighted by Crippen LogP contribution is -2.49. The van der Waals surface area contributed by atoms with Gasteiger partial charge >= 0.3 is 12.2 Å². The Balaban J connectivity index is 2.25. The second kappa shape index (κ2) is 10.2. The van der Waals surface area contributed by atoms with E-state index in [0.29, 0.717) is 17.4 Å². The van der Waals surface area contributed by atoms with Crippen LogP contribution < -0.4 is 15.5 Å². The molecule has 0 aromatic heterocycles. The first-order valence-electron chi connectivity index (χ1n) is 8.94. The number of nitrogens with zero attached hydrogens (tertiary/aromatic N) is 1. The molecule has 0 heterocycles. The summed E-state index contributed by atoms with van der Waals surface area (Å²) in [5, 5.41) is 13.7. The normalized spacial score (nSPS) is 11.3. The number of nitrogens with one attached hydrogen (secondary N) is 2. The largest absolute Gasteiger partial charge is 0.465 e. The number of halogens is 2. The Labute approximate surface area is 171 Å². The van der Waals surface area contributed by atoms with Gasteiger partial charge in [0.15, 0.2) is 0 Å². The molecule has 1 atom stereocenters. The average Bonchev–Trinajstić information content (AvgIpc) is 2.68. The van der Waals surface area contributed by atoms with Crippen LogP contribution in [0.4, 0.5) is 29.7 Å². The zero-order chi connectivity index (χ0) is 22.3. The predicted molar refractivity (Wildman–Crippen MR) is 106 cm³/mol. The molecule has 0 aliphatic carbocycles. The maximum absolute atomic E-state index is 13.5. The molecule has 2 aromatic rings. The van der Waals surface area contributed by atoms with E-state index in [9.17, 15) is 23.2 Å². The standard InChI is InChI=1S/C20H21F2N3O5/c1-3-25(16-6-4-15(5-7-16)23-20(29)30-2)18(26)17(24-19(27)28)10-12-8-13(21)11-14(22)9-12/h4-9,11,17,24H,3,10H2,1-2H3,(H,23,29)(H,27,28)/t17-/m0/s1. The third-order valence-electron chi connectivity index (χ3n) is 4.15. The first kappa shape index (κ1) is 22.6. The number of anilines is 2. The fourth-order valence-electron chi connectivity index (χ4n) is 2.86. The number of hydrogen-bond donors (Lipinski definition) is 3. The molecule has 8 nitrogen and oxygen atoms in total. The number of carbonyl (C=O) groups is 3. The van der Waals surface area contributed by atoms with Gasteiger partial charge in [-0.25, -0.2) is 18.4 Å². The van der Waals surface area contributed by atoms with E-state index in [4.69, 9.17) is 5.11 Å². The van der Waals surface area contributed by atoms with Crippen molar-refractivity contribution >= 4 is 29.5 Å². The van der Waals surface area contributed by atoms with Crippen molar-refractivity contribution in [1.29, 1.82) is 0 Å². The van der Waals surface area contributed by atoms with Gasteiger partial charge in [-0.2, -0.15) is 0 Å². The Kier molecular flexibility index (Phi) is 7.68. The Morgan fingerprint density at radius 3 is 2.20 bits per heavy atom. The van der Waals surface area contributed by atoms with E-state index in [1.165, 1.54) is 12.0 Å². The van der Waals surface area contributed by atoms with Crippen LogP contribution >= 0.6 is 0 Å². The van der Waals surface area contributed by atoms with Gasteiger partial charge in [0.2, 0.25) is 5.91 Å². The van der Waals surface area contributed by atoms with Gasteiger partial charge in [-0.05, 0) is 48.9 Å². The number of benzene rings is 2. The average molecular weight is 421 g/mol. The number of methoxy groups -OCH3 is 1. The molecule has 3 amide bonds. The van der Waals surface area contributed by atoms with Crippen molar-refractivity contribution in [3.63, 3.8) is 0 Å². The lowest BCUT2D eigenvalue weighted by Gasteiger charge is -2.26. The SMILES string of the molecule is CCN(C(=O)[C@H](Cc1cc(F)cc(F)c1)NC(=O)O)c1ccc(NC(=O)OC)cc1. The first-order chi connectivity index (χ1) is 14.2. The predicted octanol–water partition coefficient (Wildman–Crippen LogP) is 3.37. The summed E-state index contributed by atoms with van der Waals surface area (Å²) in [4.78, 5) is 36.8. The van der Waals surface area contributed by atoms with Crippen LogP contribution in [0.3, 0.4) is 0 Å². The summed E-state index contributed by atoms with van der Waals surface area (Å²) in [7, 11) is 1.22. The number of hydrogen-bond acceptors (Lipinski definition) is 4. The smallest absolute Gasteiger partial charge is 0.411 e. The van der Waals surface area contributed by atoms with Crippen molar-refractivity contribution in [2.75, 3.05) is 23.9 Å². The van der Waals surface area contributed by atoms with Crippen LogP contribution in [0.2, 0.25) is 0 Å². The van der Waals surface area contributed by atoms with Gasteiger partial charge in [-0.3, -0.25) is 10.1 Å². The highest BCUT2D eigenvalue weighted by molar-refractivity contribution is 5.99. The van der Waals surface area contributed by atoms with E-state index in [1.807, 2.05) is 0 Å². The van der Waals surface area contributed by atoms with E-state index < -0.39 is 35.8 Å². The van der Waals surface area contributed by atoms with Crippen LogP contribution in [0.1, 0.15) is 12.5 Å². The van der Waals surface area contributed by atoms with Gasteiger partial charge in [0, 0.05) is 30.4 Å². The quantitative estimate of drug-likeness (QED) is 0.635. The monoisotopic (exact) mass is 421 g/mol. The number of likely N-dealkylation sites (N-methyl/N-ethyl adjacent to an activating group) is 1. The van der Waals surface area contributed by atoms with Crippen LogP contribution in [0, 0.1) is 11.6 Å². The lowest BCUT2D eigenvalue weighted by atomic mass is 10.0. The number of carbonyl (C=O) groups excluding carboxylic acids is 2. The van der Waals surface area contributed by atoms with Crippen LogP contribution in [0.15, 0.2) is 42.5 Å². The van der Waals surface area contributed by atoms with Crippen molar-refractivity contribution in [2.45, 2.75) is 19.4 Å². The highest BCUT2D eigenvalue weighted by atomic mass is 19.1. The van der Waals surface area contributed by atoms with Gasteiger partial charge in [0.1, 0.15) is 17.7 Å². The molecule has 0 aliphatic rings. The fourth-order valence-corrected chi connectivity index (χ4v) is 2.86.